The molecule has 1 aliphatic heterocycles. The van der Waals surface area contributed by atoms with Gasteiger partial charge in [0.25, 0.3) is 0 Å². The molecule has 3 aliphatic rings. The van der Waals surface area contributed by atoms with Crippen LogP contribution in [0.25, 0.3) is 0 Å². The molecule has 62 valence electrons. The Morgan fingerprint density at radius 3 is 2.73 bits per heavy atom. The van der Waals surface area contributed by atoms with Crippen molar-refractivity contribution in [1.29, 1.82) is 0 Å². The van der Waals surface area contributed by atoms with Crippen LogP contribution in [-0.2, 0) is 0 Å². The van der Waals surface area contributed by atoms with E-state index in [1.165, 1.54) is 12.8 Å². The third kappa shape index (κ3) is 0.411. The molecule has 2 heteroatoms. The van der Waals surface area contributed by atoms with E-state index in [2.05, 4.69) is 19.2 Å². The van der Waals surface area contributed by atoms with Crippen LogP contribution in [0.4, 0.5) is 0 Å². The summed E-state index contributed by atoms with van der Waals surface area (Å²) in [5, 5.41) is 3.57. The third-order valence-electron chi connectivity index (χ3n) is 4.56. The number of hydrogen-bond donors (Lipinski definition) is 2. The van der Waals surface area contributed by atoms with Gasteiger partial charge in [0.2, 0.25) is 0 Å². The smallest absolute Gasteiger partial charge is 0.0252 e. The van der Waals surface area contributed by atoms with Gasteiger partial charge in [-0.15, -0.1) is 0 Å². The summed E-state index contributed by atoms with van der Waals surface area (Å²) >= 11 is 0. The predicted octanol–water partition coefficient (Wildman–Crippen LogP) is 0.476. The van der Waals surface area contributed by atoms with Crippen LogP contribution in [0.15, 0.2) is 0 Å². The normalized spacial score (nSPS) is 63.0. The molecule has 3 rings (SSSR count). The zero-order chi connectivity index (χ0) is 7.91. The molecular formula is C9H16N2. The zero-order valence-electron chi connectivity index (χ0n) is 7.28. The predicted molar refractivity (Wildman–Crippen MR) is 44.2 cm³/mol. The van der Waals surface area contributed by atoms with Crippen molar-refractivity contribution in [3.8, 4) is 0 Å². The van der Waals surface area contributed by atoms with Crippen molar-refractivity contribution in [3.63, 3.8) is 0 Å². The monoisotopic (exact) mass is 152 g/mol. The van der Waals surface area contributed by atoms with Gasteiger partial charge in [-0.3, -0.25) is 0 Å². The van der Waals surface area contributed by atoms with Crippen molar-refractivity contribution >= 4 is 0 Å². The second kappa shape index (κ2) is 1.27. The van der Waals surface area contributed by atoms with E-state index in [-0.39, 0.29) is 5.54 Å². The summed E-state index contributed by atoms with van der Waals surface area (Å²) in [6, 6.07) is 0.730. The van der Waals surface area contributed by atoms with Crippen LogP contribution in [0, 0.1) is 10.8 Å². The van der Waals surface area contributed by atoms with Crippen LogP contribution in [-0.4, -0.2) is 18.1 Å². The van der Waals surface area contributed by atoms with Gasteiger partial charge < -0.3 is 11.1 Å². The summed E-state index contributed by atoms with van der Waals surface area (Å²) in [6.45, 7) is 5.83. The van der Waals surface area contributed by atoms with Crippen molar-refractivity contribution in [2.75, 3.05) is 6.54 Å². The van der Waals surface area contributed by atoms with Crippen molar-refractivity contribution in [1.82, 2.24) is 5.32 Å². The van der Waals surface area contributed by atoms with Gasteiger partial charge in [0.15, 0.2) is 0 Å². The van der Waals surface area contributed by atoms with Crippen LogP contribution in [0.5, 0.6) is 0 Å². The molecule has 1 saturated heterocycles. The molecule has 1 heterocycles. The van der Waals surface area contributed by atoms with Crippen LogP contribution >= 0.6 is 0 Å². The van der Waals surface area contributed by atoms with Gasteiger partial charge in [0.1, 0.15) is 0 Å². The van der Waals surface area contributed by atoms with Gasteiger partial charge in [-0.25, -0.2) is 0 Å². The van der Waals surface area contributed by atoms with E-state index in [0.717, 1.165) is 12.6 Å². The Morgan fingerprint density at radius 1 is 1.45 bits per heavy atom. The van der Waals surface area contributed by atoms with Crippen LogP contribution in [0.3, 0.4) is 0 Å². The Labute approximate surface area is 67.5 Å². The van der Waals surface area contributed by atoms with Gasteiger partial charge in [-0.2, -0.15) is 0 Å². The van der Waals surface area contributed by atoms with E-state index in [4.69, 9.17) is 5.73 Å². The first kappa shape index (κ1) is 6.44. The number of piperidine rings is 1. The number of hydrogen-bond acceptors (Lipinski definition) is 2. The van der Waals surface area contributed by atoms with E-state index in [1.54, 1.807) is 0 Å². The number of nitrogens with one attached hydrogen (secondary N) is 1. The van der Waals surface area contributed by atoms with Gasteiger partial charge in [-0.1, -0.05) is 13.8 Å². The Balaban J connectivity index is 2.03. The fraction of sp³-hybridized carbons (Fsp3) is 1.00. The largest absolute Gasteiger partial charge is 0.324 e. The summed E-state index contributed by atoms with van der Waals surface area (Å²) < 4.78 is 0. The van der Waals surface area contributed by atoms with E-state index < -0.39 is 0 Å². The van der Waals surface area contributed by atoms with Crippen molar-refractivity contribution in [3.05, 3.63) is 0 Å². The fourth-order valence-corrected chi connectivity index (χ4v) is 3.75. The van der Waals surface area contributed by atoms with E-state index in [1.807, 2.05) is 0 Å². The highest BCUT2D eigenvalue weighted by Gasteiger charge is 2.89. The topological polar surface area (TPSA) is 38.0 Å². The molecule has 2 saturated carbocycles. The second-order valence-electron chi connectivity index (χ2n) is 5.16. The molecule has 1 spiro atoms. The van der Waals surface area contributed by atoms with E-state index in [9.17, 15) is 0 Å². The minimum absolute atomic E-state index is 0.229. The Morgan fingerprint density at radius 2 is 2.18 bits per heavy atom. The maximum atomic E-state index is 6.26. The molecule has 0 aromatic carbocycles. The SMILES string of the molecule is CC1(C)[C@H]2NCCC3(N)CC231. The molecule has 2 nitrogen and oxygen atoms in total. The van der Waals surface area contributed by atoms with E-state index >= 15 is 0 Å². The highest BCUT2D eigenvalue weighted by atomic mass is 15.2. The maximum absolute atomic E-state index is 6.26. The van der Waals surface area contributed by atoms with Crippen LogP contribution in [0.1, 0.15) is 26.7 Å². The van der Waals surface area contributed by atoms with Gasteiger partial charge >= 0.3 is 0 Å². The minimum Gasteiger partial charge on any atom is -0.324 e. The molecule has 3 atom stereocenters. The average Bonchev–Trinajstić information content (AvgIpc) is 2.65. The second-order valence-corrected chi connectivity index (χ2v) is 5.16. The maximum Gasteiger partial charge on any atom is 0.0252 e. The van der Waals surface area contributed by atoms with Gasteiger partial charge in [0, 0.05) is 17.0 Å². The van der Waals surface area contributed by atoms with Gasteiger partial charge in [-0.05, 0) is 24.8 Å². The zero-order valence-corrected chi connectivity index (χ0v) is 7.28. The van der Waals surface area contributed by atoms with Crippen LogP contribution in [0.2, 0.25) is 0 Å². The first-order valence-electron chi connectivity index (χ1n) is 4.57. The molecule has 2 aliphatic carbocycles. The first-order chi connectivity index (χ1) is 5.05. The third-order valence-corrected chi connectivity index (χ3v) is 4.56. The molecule has 0 amide bonds. The standard InChI is InChI=1S/C9H16N2/c1-7(2)6-9(7)5-8(9,10)3-4-11-6/h6,11H,3-5,10H2,1-2H3/t6-,8?,9?/m1/s1. The lowest BCUT2D eigenvalue weighted by atomic mass is 10.0. The first-order valence-corrected chi connectivity index (χ1v) is 4.57. The van der Waals surface area contributed by atoms with Crippen LogP contribution < -0.4 is 11.1 Å². The fourth-order valence-electron chi connectivity index (χ4n) is 3.75. The highest BCUT2D eigenvalue weighted by Crippen LogP contribution is 2.83. The number of rotatable bonds is 0. The van der Waals surface area contributed by atoms with Gasteiger partial charge in [0.05, 0.1) is 0 Å². The lowest BCUT2D eigenvalue weighted by Crippen LogP contribution is -2.38. The van der Waals surface area contributed by atoms with Crippen molar-refractivity contribution in [2.24, 2.45) is 16.6 Å². The molecule has 3 fully saturated rings. The average molecular weight is 152 g/mol. The molecule has 2 unspecified atom stereocenters. The summed E-state index contributed by atoms with van der Waals surface area (Å²) in [4.78, 5) is 0. The lowest BCUT2D eigenvalue weighted by molar-refractivity contribution is 0.431. The molecular weight excluding hydrogens is 136 g/mol. The summed E-state index contributed by atoms with van der Waals surface area (Å²) in [5.74, 6) is 0. The van der Waals surface area contributed by atoms with E-state index in [0.29, 0.717) is 10.8 Å². The quantitative estimate of drug-likeness (QED) is 0.529. The molecule has 0 aromatic rings. The lowest BCUT2D eigenvalue weighted by Gasteiger charge is -2.16. The highest BCUT2D eigenvalue weighted by molar-refractivity contribution is 5.44. The molecule has 11 heavy (non-hydrogen) atoms. The summed E-state index contributed by atoms with van der Waals surface area (Å²) in [7, 11) is 0. The molecule has 0 aromatic heterocycles. The number of nitrogens with two attached hydrogens (primary N) is 1. The molecule has 3 N–H and O–H groups in total. The Kier molecular flexibility index (Phi) is 0.744. The minimum atomic E-state index is 0.229. The molecule has 0 bridgehead atoms. The Hall–Kier alpha value is -0.0800. The van der Waals surface area contributed by atoms with Crippen molar-refractivity contribution in [2.45, 2.75) is 38.3 Å². The summed E-state index contributed by atoms with van der Waals surface area (Å²) in [5.41, 5.74) is 7.49. The molecule has 0 radical (unpaired) electrons. The Bertz CT molecular complexity index is 229. The van der Waals surface area contributed by atoms with Crippen molar-refractivity contribution < 1.29 is 0 Å². The summed E-state index contributed by atoms with van der Waals surface area (Å²) in [6.07, 6.45) is 2.46.